The van der Waals surface area contributed by atoms with Gasteiger partial charge in [-0.15, -0.1) is 24.0 Å². The average molecular weight is 289 g/mol. The lowest BCUT2D eigenvalue weighted by atomic mass is 10.3. The molecule has 0 bridgehead atoms. The highest BCUT2D eigenvalue weighted by Gasteiger charge is 1.94. The standard InChI is InChI=1S/C8H20NP.HI/c1-3-5-7-9(10)8-6-4-2;/h3-8,10H2,1-2H3;1H. The highest BCUT2D eigenvalue weighted by atomic mass is 127. The Morgan fingerprint density at radius 1 is 1.00 bits per heavy atom. The van der Waals surface area contributed by atoms with E-state index >= 15 is 0 Å². The molecule has 0 saturated carbocycles. The topological polar surface area (TPSA) is 3.24 Å². The molecule has 1 unspecified atom stereocenters. The summed E-state index contributed by atoms with van der Waals surface area (Å²) >= 11 is 0. The second-order valence-electron chi connectivity index (χ2n) is 2.74. The molecule has 0 aliphatic heterocycles. The Kier molecular flexibility index (Phi) is 14.8. The Morgan fingerprint density at radius 3 is 1.64 bits per heavy atom. The van der Waals surface area contributed by atoms with Gasteiger partial charge >= 0.3 is 0 Å². The van der Waals surface area contributed by atoms with Crippen molar-refractivity contribution in [2.45, 2.75) is 39.5 Å². The number of nitrogens with zero attached hydrogens (tertiary/aromatic N) is 1. The normalized spacial score (nSPS) is 9.82. The molecule has 1 atom stereocenters. The number of halogens is 1. The van der Waals surface area contributed by atoms with Crippen LogP contribution in [0.15, 0.2) is 0 Å². The van der Waals surface area contributed by atoms with Crippen LogP contribution in [0.2, 0.25) is 0 Å². The molecule has 0 N–H and O–H groups in total. The van der Waals surface area contributed by atoms with Gasteiger partial charge in [0.1, 0.15) is 0 Å². The minimum absolute atomic E-state index is 0. The monoisotopic (exact) mass is 289 g/mol. The smallest absolute Gasteiger partial charge is 0.00160 e. The molecule has 0 rings (SSSR count). The van der Waals surface area contributed by atoms with E-state index in [1.165, 1.54) is 38.8 Å². The quantitative estimate of drug-likeness (QED) is 0.535. The predicted molar refractivity (Wildman–Crippen MR) is 66.5 cm³/mol. The Balaban J connectivity index is 0. The molecule has 0 spiro atoms. The zero-order valence-corrected chi connectivity index (χ0v) is 11.2. The van der Waals surface area contributed by atoms with Crippen LogP contribution >= 0.6 is 33.4 Å². The van der Waals surface area contributed by atoms with Crippen molar-refractivity contribution in [3.63, 3.8) is 0 Å². The maximum Gasteiger partial charge on any atom is 0.00160 e. The van der Waals surface area contributed by atoms with Gasteiger partial charge in [0, 0.05) is 13.1 Å². The molecular formula is C8H21INP. The van der Waals surface area contributed by atoms with Crippen LogP contribution in [-0.2, 0) is 0 Å². The summed E-state index contributed by atoms with van der Waals surface area (Å²) in [6.45, 7) is 6.94. The second kappa shape index (κ2) is 11.1. The lowest BCUT2D eigenvalue weighted by Gasteiger charge is -2.14. The molecule has 0 fully saturated rings. The summed E-state index contributed by atoms with van der Waals surface area (Å²) in [6.07, 6.45) is 5.26. The largest absolute Gasteiger partial charge is 0.287 e. The van der Waals surface area contributed by atoms with Crippen molar-refractivity contribution in [3.05, 3.63) is 0 Å². The van der Waals surface area contributed by atoms with Gasteiger partial charge in [-0.3, -0.25) is 4.67 Å². The summed E-state index contributed by atoms with van der Waals surface area (Å²) in [5, 5.41) is 0. The van der Waals surface area contributed by atoms with Crippen molar-refractivity contribution in [3.8, 4) is 0 Å². The summed E-state index contributed by atoms with van der Waals surface area (Å²) in [5.74, 6) is 0. The van der Waals surface area contributed by atoms with Crippen molar-refractivity contribution in [1.82, 2.24) is 4.67 Å². The maximum absolute atomic E-state index is 2.79. The van der Waals surface area contributed by atoms with E-state index in [-0.39, 0.29) is 24.0 Å². The number of hydrogen-bond donors (Lipinski definition) is 0. The molecule has 0 aromatic carbocycles. The fourth-order valence-corrected chi connectivity index (χ4v) is 1.20. The minimum atomic E-state index is 0. The molecule has 0 heterocycles. The Morgan fingerprint density at radius 2 is 1.36 bits per heavy atom. The van der Waals surface area contributed by atoms with E-state index in [0.717, 1.165) is 0 Å². The van der Waals surface area contributed by atoms with Gasteiger partial charge in [0.2, 0.25) is 0 Å². The van der Waals surface area contributed by atoms with E-state index in [2.05, 4.69) is 27.9 Å². The zero-order valence-electron chi connectivity index (χ0n) is 7.68. The van der Waals surface area contributed by atoms with Crippen LogP contribution in [0, 0.1) is 0 Å². The van der Waals surface area contributed by atoms with Crippen LogP contribution in [0.25, 0.3) is 0 Å². The van der Waals surface area contributed by atoms with Gasteiger partial charge < -0.3 is 0 Å². The summed E-state index contributed by atoms with van der Waals surface area (Å²) in [7, 11) is 2.79. The summed E-state index contributed by atoms with van der Waals surface area (Å²) in [5.41, 5.74) is 0. The van der Waals surface area contributed by atoms with Crippen LogP contribution in [0.3, 0.4) is 0 Å². The highest BCUT2D eigenvalue weighted by Crippen LogP contribution is 2.03. The van der Waals surface area contributed by atoms with E-state index in [1.54, 1.807) is 0 Å². The van der Waals surface area contributed by atoms with E-state index < -0.39 is 0 Å². The number of hydrogen-bond acceptors (Lipinski definition) is 1. The summed E-state index contributed by atoms with van der Waals surface area (Å²) in [6, 6.07) is 0. The van der Waals surface area contributed by atoms with Gasteiger partial charge in [0.05, 0.1) is 0 Å². The fraction of sp³-hybridized carbons (Fsp3) is 1.00. The van der Waals surface area contributed by atoms with Gasteiger partial charge in [-0.05, 0) is 12.8 Å². The molecule has 0 aliphatic rings. The van der Waals surface area contributed by atoms with Gasteiger partial charge in [-0.25, -0.2) is 0 Å². The number of unbranched alkanes of at least 4 members (excludes halogenated alkanes) is 2. The van der Waals surface area contributed by atoms with Crippen molar-refractivity contribution in [1.29, 1.82) is 0 Å². The predicted octanol–water partition coefficient (Wildman–Crippen LogP) is 3.30. The van der Waals surface area contributed by atoms with Gasteiger partial charge in [0.25, 0.3) is 0 Å². The van der Waals surface area contributed by atoms with Crippen molar-refractivity contribution in [2.75, 3.05) is 13.1 Å². The van der Waals surface area contributed by atoms with Crippen molar-refractivity contribution in [2.24, 2.45) is 0 Å². The van der Waals surface area contributed by atoms with E-state index in [0.29, 0.717) is 0 Å². The first kappa shape index (κ1) is 14.6. The fourth-order valence-electron chi connectivity index (χ4n) is 0.834. The Bertz CT molecular complexity index is 63.1. The van der Waals surface area contributed by atoms with Gasteiger partial charge in [0.15, 0.2) is 0 Å². The number of rotatable bonds is 6. The molecule has 0 amide bonds. The van der Waals surface area contributed by atoms with Crippen LogP contribution in [0.5, 0.6) is 0 Å². The molecule has 0 aromatic heterocycles. The third-order valence-electron chi connectivity index (χ3n) is 1.60. The van der Waals surface area contributed by atoms with Crippen LogP contribution in [0.1, 0.15) is 39.5 Å². The first-order valence-electron chi connectivity index (χ1n) is 4.30. The highest BCUT2D eigenvalue weighted by molar-refractivity contribution is 14.0. The van der Waals surface area contributed by atoms with Gasteiger partial charge in [-0.1, -0.05) is 36.1 Å². The van der Waals surface area contributed by atoms with E-state index in [4.69, 9.17) is 0 Å². The van der Waals surface area contributed by atoms with Crippen molar-refractivity contribution < 1.29 is 0 Å². The molecule has 70 valence electrons. The summed E-state index contributed by atoms with van der Waals surface area (Å²) in [4.78, 5) is 0. The summed E-state index contributed by atoms with van der Waals surface area (Å²) < 4.78 is 2.34. The van der Waals surface area contributed by atoms with E-state index in [1.807, 2.05) is 0 Å². The van der Waals surface area contributed by atoms with Crippen LogP contribution in [0.4, 0.5) is 0 Å². The maximum atomic E-state index is 2.79. The third kappa shape index (κ3) is 11.1. The van der Waals surface area contributed by atoms with E-state index in [9.17, 15) is 0 Å². The molecule has 0 saturated heterocycles. The molecule has 11 heavy (non-hydrogen) atoms. The average Bonchev–Trinajstić information content (AvgIpc) is 1.97. The zero-order chi connectivity index (χ0) is 7.82. The van der Waals surface area contributed by atoms with Gasteiger partial charge in [-0.2, -0.15) is 0 Å². The lowest BCUT2D eigenvalue weighted by Crippen LogP contribution is -2.13. The lowest BCUT2D eigenvalue weighted by molar-refractivity contribution is 0.443. The second-order valence-corrected chi connectivity index (χ2v) is 3.47. The Hall–Kier alpha value is 1.12. The molecule has 0 aliphatic carbocycles. The first-order valence-corrected chi connectivity index (χ1v) is 4.82. The van der Waals surface area contributed by atoms with Crippen molar-refractivity contribution >= 4 is 33.4 Å². The molecular weight excluding hydrogens is 268 g/mol. The molecule has 1 nitrogen and oxygen atoms in total. The minimum Gasteiger partial charge on any atom is -0.287 e. The third-order valence-corrected chi connectivity index (χ3v) is 2.11. The molecule has 3 heteroatoms. The first-order chi connectivity index (χ1) is 4.81. The Labute approximate surface area is 90.6 Å². The molecule has 0 aromatic rings. The SMILES string of the molecule is CCCCN(P)CCCC.I. The molecule has 0 radical (unpaired) electrons. The van der Waals surface area contributed by atoms with Crippen LogP contribution < -0.4 is 0 Å². The van der Waals surface area contributed by atoms with Crippen LogP contribution in [-0.4, -0.2) is 17.8 Å².